The predicted molar refractivity (Wildman–Crippen MR) is 143 cm³/mol. The number of fused-ring (bicyclic) bond motifs is 2. The van der Waals surface area contributed by atoms with E-state index >= 15 is 0 Å². The lowest BCUT2D eigenvalue weighted by Crippen LogP contribution is -2.47. The molecule has 0 aliphatic carbocycles. The number of nitrogens with zero attached hydrogens (tertiary/aromatic N) is 2. The maximum atomic E-state index is 13.0. The van der Waals surface area contributed by atoms with Crippen molar-refractivity contribution in [1.29, 1.82) is 0 Å². The van der Waals surface area contributed by atoms with E-state index in [1.54, 1.807) is 6.07 Å². The second-order valence-corrected chi connectivity index (χ2v) is 11.3. The van der Waals surface area contributed by atoms with Gasteiger partial charge in [-0.1, -0.05) is 42.5 Å². The smallest absolute Gasteiger partial charge is 0.410 e. The van der Waals surface area contributed by atoms with E-state index in [2.05, 4.69) is 35.2 Å². The molecule has 2 saturated heterocycles. The van der Waals surface area contributed by atoms with Crippen LogP contribution in [0.3, 0.4) is 0 Å². The van der Waals surface area contributed by atoms with Gasteiger partial charge in [0.15, 0.2) is 0 Å². The Morgan fingerprint density at radius 3 is 2.33 bits per heavy atom. The first kappa shape index (κ1) is 26.2. The highest BCUT2D eigenvalue weighted by molar-refractivity contribution is 5.92. The second kappa shape index (κ2) is 11.5. The van der Waals surface area contributed by atoms with Crippen molar-refractivity contribution in [3.05, 3.63) is 71.3 Å². The summed E-state index contributed by atoms with van der Waals surface area (Å²) < 4.78 is 5.75. The molecule has 0 saturated carbocycles. The van der Waals surface area contributed by atoms with Gasteiger partial charge in [-0.25, -0.2) is 4.79 Å². The first-order valence-corrected chi connectivity index (χ1v) is 13.4. The van der Waals surface area contributed by atoms with Crippen molar-refractivity contribution < 1.29 is 14.3 Å². The summed E-state index contributed by atoms with van der Waals surface area (Å²) in [7, 11) is 0. The summed E-state index contributed by atoms with van der Waals surface area (Å²) in [5.41, 5.74) is 8.11. The van der Waals surface area contributed by atoms with Gasteiger partial charge in [-0.3, -0.25) is 9.69 Å². The number of aryl methyl sites for hydroxylation is 1. The van der Waals surface area contributed by atoms with Crippen LogP contribution in [0.25, 0.3) is 0 Å². The van der Waals surface area contributed by atoms with Crippen molar-refractivity contribution in [2.75, 3.05) is 19.6 Å². The maximum absolute atomic E-state index is 13.0. The van der Waals surface area contributed by atoms with Crippen molar-refractivity contribution in [2.24, 2.45) is 5.73 Å². The molecule has 0 spiro atoms. The van der Waals surface area contributed by atoms with Gasteiger partial charge >= 0.3 is 6.09 Å². The van der Waals surface area contributed by atoms with Crippen molar-refractivity contribution in [3.8, 4) is 0 Å². The highest BCUT2D eigenvalue weighted by Crippen LogP contribution is 2.43. The zero-order valence-electron chi connectivity index (χ0n) is 22.0. The molecule has 2 fully saturated rings. The van der Waals surface area contributed by atoms with Gasteiger partial charge in [0.1, 0.15) is 5.60 Å². The fraction of sp³-hybridized carbons (Fsp3) is 0.533. The SMILES string of the molecule is CC(C)(C)OC(=O)N(CCCc1ccccc1)CCN1C2CCC1CC(c1cccc(C(N)=O)c1)C2. The third kappa shape index (κ3) is 6.88. The van der Waals surface area contributed by atoms with Crippen LogP contribution in [0.15, 0.2) is 54.6 Å². The predicted octanol–water partition coefficient (Wildman–Crippen LogP) is 5.37. The largest absolute Gasteiger partial charge is 0.444 e. The summed E-state index contributed by atoms with van der Waals surface area (Å²) in [6.07, 6.45) is 6.18. The van der Waals surface area contributed by atoms with Gasteiger partial charge in [0.25, 0.3) is 0 Å². The minimum absolute atomic E-state index is 0.221. The highest BCUT2D eigenvalue weighted by atomic mass is 16.6. The van der Waals surface area contributed by atoms with E-state index in [0.717, 1.165) is 32.2 Å². The molecule has 194 valence electrons. The van der Waals surface area contributed by atoms with Crippen molar-refractivity contribution in [2.45, 2.75) is 82.9 Å². The summed E-state index contributed by atoms with van der Waals surface area (Å²) in [5.74, 6) is 0.0811. The molecule has 6 nitrogen and oxygen atoms in total. The van der Waals surface area contributed by atoms with E-state index in [1.807, 2.05) is 43.9 Å². The van der Waals surface area contributed by atoms with Crippen LogP contribution in [0.4, 0.5) is 4.79 Å². The standard InChI is InChI=1S/C30H41N3O3/c1-30(2,3)36-29(35)32(16-8-11-22-9-5-4-6-10-22)17-18-33-26-14-15-27(33)21-25(20-26)23-12-7-13-24(19-23)28(31)34/h4-7,9-10,12-13,19,25-27H,8,11,14-18,20-21H2,1-3H3,(H2,31,34). The number of nitrogens with two attached hydrogens (primary N) is 1. The Bertz CT molecular complexity index is 1020. The minimum atomic E-state index is -0.508. The number of hydrogen-bond donors (Lipinski definition) is 1. The van der Waals surface area contributed by atoms with Gasteiger partial charge in [0.2, 0.25) is 5.91 Å². The molecule has 0 aromatic heterocycles. The van der Waals surface area contributed by atoms with Crippen LogP contribution in [-0.4, -0.2) is 59.1 Å². The number of amides is 2. The number of rotatable bonds is 9. The number of hydrogen-bond acceptors (Lipinski definition) is 4. The number of carbonyl (C=O) groups is 2. The number of carbonyl (C=O) groups excluding carboxylic acids is 2. The van der Waals surface area contributed by atoms with Crippen molar-refractivity contribution >= 4 is 12.0 Å². The van der Waals surface area contributed by atoms with Crippen molar-refractivity contribution in [1.82, 2.24) is 9.80 Å². The van der Waals surface area contributed by atoms with E-state index in [1.165, 1.54) is 24.0 Å². The van der Waals surface area contributed by atoms with Crippen LogP contribution in [0, 0.1) is 0 Å². The lowest BCUT2D eigenvalue weighted by Gasteiger charge is -2.40. The van der Waals surface area contributed by atoms with Crippen LogP contribution in [-0.2, 0) is 11.2 Å². The van der Waals surface area contributed by atoms with Crippen LogP contribution < -0.4 is 5.73 Å². The van der Waals surface area contributed by atoms with Gasteiger partial charge in [-0.15, -0.1) is 0 Å². The summed E-state index contributed by atoms with van der Waals surface area (Å²) in [6, 6.07) is 19.3. The average molecular weight is 492 g/mol. The molecular formula is C30H41N3O3. The normalized spacial score (nSPS) is 21.8. The minimum Gasteiger partial charge on any atom is -0.444 e. The first-order valence-electron chi connectivity index (χ1n) is 13.4. The molecule has 2 aromatic rings. The number of piperidine rings is 1. The number of ether oxygens (including phenoxy) is 1. The van der Waals surface area contributed by atoms with Gasteiger partial charge < -0.3 is 15.4 Å². The van der Waals surface area contributed by atoms with Gasteiger partial charge in [-0.2, -0.15) is 0 Å². The van der Waals surface area contributed by atoms with Crippen LogP contribution >= 0.6 is 0 Å². The molecule has 2 heterocycles. The Morgan fingerprint density at radius 1 is 1.00 bits per heavy atom. The number of primary amides is 1. The molecule has 2 unspecified atom stereocenters. The molecule has 2 atom stereocenters. The van der Waals surface area contributed by atoms with E-state index in [9.17, 15) is 9.59 Å². The topological polar surface area (TPSA) is 75.9 Å². The molecule has 2 N–H and O–H groups in total. The lowest BCUT2D eigenvalue weighted by molar-refractivity contribution is 0.0201. The molecule has 0 radical (unpaired) electrons. The first-order chi connectivity index (χ1) is 17.2. The zero-order chi connectivity index (χ0) is 25.7. The van der Waals surface area contributed by atoms with Crippen LogP contribution in [0.1, 0.15) is 80.3 Å². The molecule has 2 bridgehead atoms. The molecule has 6 heteroatoms. The van der Waals surface area contributed by atoms with E-state index in [4.69, 9.17) is 10.5 Å². The molecular weight excluding hydrogens is 450 g/mol. The van der Waals surface area contributed by atoms with E-state index in [-0.39, 0.29) is 12.0 Å². The monoisotopic (exact) mass is 491 g/mol. The summed E-state index contributed by atoms with van der Waals surface area (Å²) in [4.78, 5) is 29.2. The van der Waals surface area contributed by atoms with Crippen LogP contribution in [0.5, 0.6) is 0 Å². The van der Waals surface area contributed by atoms with Gasteiger partial charge in [-0.05, 0) is 88.5 Å². The maximum Gasteiger partial charge on any atom is 0.410 e. The Kier molecular flexibility index (Phi) is 8.35. The van der Waals surface area contributed by atoms with Crippen molar-refractivity contribution in [3.63, 3.8) is 0 Å². The molecule has 36 heavy (non-hydrogen) atoms. The molecule has 2 amide bonds. The molecule has 2 aliphatic rings. The Balaban J connectivity index is 1.36. The third-order valence-electron chi connectivity index (χ3n) is 7.54. The zero-order valence-corrected chi connectivity index (χ0v) is 22.0. The van der Waals surface area contributed by atoms with Crippen LogP contribution in [0.2, 0.25) is 0 Å². The molecule has 4 rings (SSSR count). The Morgan fingerprint density at radius 2 is 1.69 bits per heavy atom. The number of benzene rings is 2. The third-order valence-corrected chi connectivity index (χ3v) is 7.54. The molecule has 2 aliphatic heterocycles. The quantitative estimate of drug-likeness (QED) is 0.512. The fourth-order valence-corrected chi connectivity index (χ4v) is 5.83. The van der Waals surface area contributed by atoms with Gasteiger partial charge in [0.05, 0.1) is 0 Å². The average Bonchev–Trinajstić information content (AvgIpc) is 3.07. The molecule has 2 aromatic carbocycles. The Labute approximate surface area is 215 Å². The van der Waals surface area contributed by atoms with E-state index in [0.29, 0.717) is 36.7 Å². The summed E-state index contributed by atoms with van der Waals surface area (Å²) >= 11 is 0. The summed E-state index contributed by atoms with van der Waals surface area (Å²) in [5, 5.41) is 0. The Hall–Kier alpha value is -2.86. The lowest BCUT2D eigenvalue weighted by atomic mass is 9.84. The van der Waals surface area contributed by atoms with E-state index < -0.39 is 5.60 Å². The van der Waals surface area contributed by atoms with Gasteiger partial charge in [0, 0.05) is 37.3 Å². The highest BCUT2D eigenvalue weighted by Gasteiger charge is 2.41. The summed E-state index contributed by atoms with van der Waals surface area (Å²) in [6.45, 7) is 8.00. The second-order valence-electron chi connectivity index (χ2n) is 11.3. The fourth-order valence-electron chi connectivity index (χ4n) is 5.83.